The summed E-state index contributed by atoms with van der Waals surface area (Å²) in [5.74, 6) is -3.71. The summed E-state index contributed by atoms with van der Waals surface area (Å²) in [6, 6.07) is 11.6. The lowest BCUT2D eigenvalue weighted by molar-refractivity contribution is 0.282. The van der Waals surface area contributed by atoms with Crippen LogP contribution >= 0.6 is 0 Å². The topological polar surface area (TPSA) is 386 Å². The normalized spacial score (nSPS) is 13.5. The van der Waals surface area contributed by atoms with Gasteiger partial charge in [0.25, 0.3) is 20.2 Å². The number of anilines is 1. The molecule has 4 rings (SSSR count). The molecule has 0 unspecified atom stereocenters. The predicted molar refractivity (Wildman–Crippen MR) is 196 cm³/mol. The van der Waals surface area contributed by atoms with Gasteiger partial charge in [0.15, 0.2) is 25.4 Å². The third kappa shape index (κ3) is 13.0. The highest BCUT2D eigenvalue weighted by atomic mass is 32.3. The van der Waals surface area contributed by atoms with Gasteiger partial charge in [-0.25, -0.2) is 25.2 Å². The first-order valence-electron chi connectivity index (χ1n) is 14.9. The molecule has 0 aromatic heterocycles. The molecule has 310 valence electrons. The number of fused-ring (bicyclic) bond motifs is 1. The van der Waals surface area contributed by atoms with Crippen molar-refractivity contribution in [2.75, 3.05) is 35.9 Å². The van der Waals surface area contributed by atoms with Crippen LogP contribution in [0.4, 0.5) is 28.4 Å². The number of phenols is 1. The molecule has 0 atom stereocenters. The smallest absolute Gasteiger partial charge is 0.397 e. The maximum absolute atomic E-state index is 12.6. The number of hydrogen-bond acceptors (Lipinski definition) is 20. The van der Waals surface area contributed by atoms with Gasteiger partial charge in [-0.1, -0.05) is 0 Å². The average Bonchev–Trinajstić information content (AvgIpc) is 3.07. The highest BCUT2D eigenvalue weighted by Gasteiger charge is 2.25. The molecule has 0 radical (unpaired) electrons. The zero-order valence-electron chi connectivity index (χ0n) is 28.1. The van der Waals surface area contributed by atoms with E-state index in [1.54, 1.807) is 0 Å². The number of azo groups is 2. The van der Waals surface area contributed by atoms with Gasteiger partial charge in [0.05, 0.1) is 51.6 Å². The van der Waals surface area contributed by atoms with Gasteiger partial charge < -0.3 is 10.4 Å². The van der Waals surface area contributed by atoms with Crippen LogP contribution in [-0.2, 0) is 69.1 Å². The lowest BCUT2D eigenvalue weighted by Gasteiger charge is -2.14. The van der Waals surface area contributed by atoms with Crippen LogP contribution in [0.5, 0.6) is 5.75 Å². The van der Waals surface area contributed by atoms with Gasteiger partial charge in [-0.2, -0.15) is 43.9 Å². The highest BCUT2D eigenvalue weighted by Crippen LogP contribution is 2.46. The van der Waals surface area contributed by atoms with Gasteiger partial charge in [0.2, 0.25) is 0 Å². The molecule has 4 aromatic rings. The molecular formula is C27H27N5O19S6. The van der Waals surface area contributed by atoms with Gasteiger partial charge in [-0.3, -0.25) is 18.2 Å². The highest BCUT2D eigenvalue weighted by molar-refractivity contribution is 7.91. The number of rotatable bonds is 18. The first-order valence-corrected chi connectivity index (χ1v) is 24.0. The van der Waals surface area contributed by atoms with Crippen molar-refractivity contribution in [1.82, 2.24) is 0 Å². The largest absolute Gasteiger partial charge is 0.505 e. The monoisotopic (exact) mass is 917 g/mol. The average molecular weight is 918 g/mol. The molecule has 0 aliphatic carbocycles. The van der Waals surface area contributed by atoms with Crippen LogP contribution in [0.3, 0.4) is 0 Å². The molecule has 0 heterocycles. The Morgan fingerprint density at radius 3 is 1.39 bits per heavy atom. The lowest BCUT2D eigenvalue weighted by Crippen LogP contribution is -2.15. The summed E-state index contributed by atoms with van der Waals surface area (Å²) in [4.78, 5) is -1.72. The van der Waals surface area contributed by atoms with Crippen molar-refractivity contribution in [2.45, 2.75) is 14.7 Å². The number of aromatic hydroxyl groups is 1. The van der Waals surface area contributed by atoms with E-state index < -0.39 is 113 Å². The van der Waals surface area contributed by atoms with Crippen LogP contribution in [0.25, 0.3) is 10.8 Å². The van der Waals surface area contributed by atoms with Crippen LogP contribution < -0.4 is 5.32 Å². The van der Waals surface area contributed by atoms with E-state index >= 15 is 0 Å². The number of nitrogens with one attached hydrogen (secondary N) is 1. The number of hydrogen-bond donors (Lipinski definition) is 6. The van der Waals surface area contributed by atoms with Crippen LogP contribution in [0.2, 0.25) is 0 Å². The Morgan fingerprint density at radius 2 is 0.982 bits per heavy atom. The molecule has 24 nitrogen and oxygen atoms in total. The molecule has 4 aromatic carbocycles. The summed E-state index contributed by atoms with van der Waals surface area (Å²) in [5, 5.41) is 28.5. The Balaban J connectivity index is 1.75. The third-order valence-corrected chi connectivity index (χ3v) is 12.7. The number of sulfone groups is 2. The fraction of sp³-hybridized carbons (Fsp3) is 0.185. The number of phenolic OH excluding ortho intramolecular Hbond substituents is 1. The minimum absolute atomic E-state index is 0.0595. The molecule has 0 saturated carbocycles. The molecule has 0 fully saturated rings. The minimum Gasteiger partial charge on any atom is -0.505 e. The summed E-state index contributed by atoms with van der Waals surface area (Å²) in [6.45, 7) is -1.79. The maximum Gasteiger partial charge on any atom is 0.397 e. The Labute approximate surface area is 324 Å². The summed E-state index contributed by atoms with van der Waals surface area (Å²) >= 11 is 0. The summed E-state index contributed by atoms with van der Waals surface area (Å²) in [5.41, 5.74) is -1.62. The zero-order valence-corrected chi connectivity index (χ0v) is 33.0. The summed E-state index contributed by atoms with van der Waals surface area (Å²) in [7, 11) is -28.0. The molecule has 0 amide bonds. The van der Waals surface area contributed by atoms with Gasteiger partial charge >= 0.3 is 20.8 Å². The predicted octanol–water partition coefficient (Wildman–Crippen LogP) is 3.07. The van der Waals surface area contributed by atoms with E-state index in [0.29, 0.717) is 0 Å². The Kier molecular flexibility index (Phi) is 13.5. The Hall–Kier alpha value is -4.60. The SMILES string of the molecule is O=S(=O)(O)CNc1ccc2c(O)c(/N=N/c3ccc(S(=O)(=O)CCOS(=O)(=O)O)cc3)c(S(=O)(=O)O)cc2c1/N=N/c1ccc(S(=O)(=O)CCOS(=O)(=O)O)cc1. The molecule has 57 heavy (non-hydrogen) atoms. The van der Waals surface area contributed by atoms with Crippen molar-refractivity contribution < 1.29 is 82.2 Å². The van der Waals surface area contributed by atoms with E-state index in [-0.39, 0.29) is 37.6 Å². The molecular weight excluding hydrogens is 891 g/mol. The standard InChI is InChI=1S/C27H27N5O19S6/c33-27-21-9-10-23(28-16-54(38,39)40)25(31-29-17-1-5-19(6-2-17)52(34,35)13-11-50-56(44,45)46)22(21)15-24(55(41,42)43)26(27)32-30-18-3-7-20(8-4-18)53(36,37)14-12-51-57(47,48)49/h1-10,15,28,33H,11-14,16H2,(H,38,39,40)(H,41,42,43)(H,44,45,46)(H,47,48,49)/b31-29+,32-30+. The molecule has 0 spiro atoms. The minimum atomic E-state index is -5.27. The van der Waals surface area contributed by atoms with Gasteiger partial charge in [0.1, 0.15) is 22.1 Å². The second-order valence-electron chi connectivity index (χ2n) is 11.0. The molecule has 0 saturated heterocycles. The van der Waals surface area contributed by atoms with E-state index in [0.717, 1.165) is 66.7 Å². The fourth-order valence-electron chi connectivity index (χ4n) is 4.51. The summed E-state index contributed by atoms with van der Waals surface area (Å²) < 4.78 is 186. The van der Waals surface area contributed by atoms with Crippen LogP contribution in [0, 0.1) is 0 Å². The van der Waals surface area contributed by atoms with Crippen LogP contribution in [0.15, 0.2) is 102 Å². The van der Waals surface area contributed by atoms with Crippen molar-refractivity contribution >= 4 is 99.9 Å². The second kappa shape index (κ2) is 17.1. The van der Waals surface area contributed by atoms with Gasteiger partial charge in [-0.15, -0.1) is 10.2 Å². The lowest BCUT2D eigenvalue weighted by atomic mass is 10.1. The first-order chi connectivity index (χ1) is 26.2. The number of benzene rings is 4. The Bertz CT molecular complexity index is 2920. The van der Waals surface area contributed by atoms with Crippen molar-refractivity contribution in [3.8, 4) is 5.75 Å². The van der Waals surface area contributed by atoms with E-state index in [1.165, 1.54) is 0 Å². The van der Waals surface area contributed by atoms with Crippen molar-refractivity contribution in [2.24, 2.45) is 20.5 Å². The van der Waals surface area contributed by atoms with Crippen molar-refractivity contribution in [3.05, 3.63) is 66.7 Å². The molecule has 0 aliphatic rings. The zero-order chi connectivity index (χ0) is 42.6. The molecule has 30 heteroatoms. The third-order valence-electron chi connectivity index (χ3n) is 7.02. The van der Waals surface area contributed by atoms with Crippen molar-refractivity contribution in [3.63, 3.8) is 0 Å². The fourth-order valence-corrected chi connectivity index (χ4v) is 8.47. The van der Waals surface area contributed by atoms with Crippen molar-refractivity contribution in [1.29, 1.82) is 0 Å². The molecule has 0 bridgehead atoms. The van der Waals surface area contributed by atoms with E-state index in [4.69, 9.17) is 9.11 Å². The second-order valence-corrected chi connectivity index (χ2v) is 20.3. The maximum atomic E-state index is 12.6. The van der Waals surface area contributed by atoms with Crippen LogP contribution in [-0.4, -0.2) is 104 Å². The van der Waals surface area contributed by atoms with Gasteiger partial charge in [0, 0.05) is 10.8 Å². The molecule has 0 aliphatic heterocycles. The Morgan fingerprint density at radius 1 is 0.544 bits per heavy atom. The van der Waals surface area contributed by atoms with E-state index in [9.17, 15) is 64.7 Å². The quantitative estimate of drug-likeness (QED) is 0.0617. The first kappa shape index (κ1) is 45.1. The molecule has 6 N–H and O–H groups in total. The van der Waals surface area contributed by atoms with E-state index in [2.05, 4.69) is 34.1 Å². The van der Waals surface area contributed by atoms with Gasteiger partial charge in [-0.05, 0) is 66.7 Å². The van der Waals surface area contributed by atoms with E-state index in [1.807, 2.05) is 0 Å². The summed E-state index contributed by atoms with van der Waals surface area (Å²) in [6.07, 6.45) is 0. The van der Waals surface area contributed by atoms with Crippen LogP contribution in [0.1, 0.15) is 0 Å². The number of nitrogens with zero attached hydrogens (tertiary/aromatic N) is 4.